The van der Waals surface area contributed by atoms with Gasteiger partial charge in [0.15, 0.2) is 0 Å². The van der Waals surface area contributed by atoms with Crippen LogP contribution in [-0.4, -0.2) is 35.6 Å². The second-order valence-electron chi connectivity index (χ2n) is 4.46. The van der Waals surface area contributed by atoms with Crippen molar-refractivity contribution in [1.82, 2.24) is 4.90 Å². The molecule has 0 aromatic carbocycles. The quantitative estimate of drug-likeness (QED) is 0.714. The minimum absolute atomic E-state index is 0.367. The summed E-state index contributed by atoms with van der Waals surface area (Å²) in [6.45, 7) is 1.08. The van der Waals surface area contributed by atoms with E-state index in [4.69, 9.17) is 5.11 Å². The average Bonchev–Trinajstić information content (AvgIpc) is 2.79. The first-order valence-corrected chi connectivity index (χ1v) is 5.10. The van der Waals surface area contributed by atoms with Gasteiger partial charge < -0.3 is 10.0 Å². The number of rotatable bonds is 3. The second kappa shape index (κ2) is 3.29. The van der Waals surface area contributed by atoms with Crippen LogP contribution in [0.25, 0.3) is 0 Å². The van der Waals surface area contributed by atoms with Crippen LogP contribution in [0.5, 0.6) is 0 Å². The monoisotopic (exact) mass is 183 g/mol. The molecule has 0 bridgehead atoms. The number of aliphatic carboxylic acids is 1. The minimum atomic E-state index is -0.633. The van der Waals surface area contributed by atoms with E-state index in [1.54, 1.807) is 0 Å². The molecule has 1 saturated carbocycles. The highest BCUT2D eigenvalue weighted by Crippen LogP contribution is 2.43. The van der Waals surface area contributed by atoms with Crippen molar-refractivity contribution < 1.29 is 9.90 Å². The Kier molecular flexibility index (Phi) is 2.28. The molecule has 3 nitrogen and oxygen atoms in total. The molecule has 0 radical (unpaired) electrons. The first kappa shape index (κ1) is 9.00. The average molecular weight is 183 g/mol. The highest BCUT2D eigenvalue weighted by molar-refractivity contribution is 5.67. The van der Waals surface area contributed by atoms with Crippen molar-refractivity contribution in [1.29, 1.82) is 0 Å². The molecule has 2 atom stereocenters. The van der Waals surface area contributed by atoms with E-state index in [-0.39, 0.29) is 0 Å². The molecular weight excluding hydrogens is 166 g/mol. The van der Waals surface area contributed by atoms with Crippen molar-refractivity contribution in [3.8, 4) is 0 Å². The Morgan fingerprint density at radius 3 is 2.69 bits per heavy atom. The van der Waals surface area contributed by atoms with Crippen LogP contribution in [0.2, 0.25) is 0 Å². The molecule has 0 aromatic rings. The molecule has 2 rings (SSSR count). The zero-order chi connectivity index (χ0) is 9.42. The van der Waals surface area contributed by atoms with Crippen LogP contribution < -0.4 is 0 Å². The number of carboxylic acid groups (broad SMARTS) is 1. The highest BCUT2D eigenvalue weighted by atomic mass is 16.4. The summed E-state index contributed by atoms with van der Waals surface area (Å²) in [5.74, 6) is 0.581. The van der Waals surface area contributed by atoms with Gasteiger partial charge in [-0.15, -0.1) is 0 Å². The Bertz CT molecular complexity index is 213. The van der Waals surface area contributed by atoms with E-state index in [0.29, 0.717) is 18.4 Å². The molecule has 3 heteroatoms. The molecule has 13 heavy (non-hydrogen) atoms. The van der Waals surface area contributed by atoms with E-state index < -0.39 is 5.97 Å². The van der Waals surface area contributed by atoms with Crippen molar-refractivity contribution in [2.24, 2.45) is 11.8 Å². The summed E-state index contributed by atoms with van der Waals surface area (Å²) in [4.78, 5) is 13.0. The fraction of sp³-hybridized carbons (Fsp3) is 0.900. The van der Waals surface area contributed by atoms with Crippen molar-refractivity contribution in [3.63, 3.8) is 0 Å². The Hall–Kier alpha value is -0.570. The molecule has 0 spiro atoms. The molecule has 2 fully saturated rings. The Morgan fingerprint density at radius 1 is 1.46 bits per heavy atom. The van der Waals surface area contributed by atoms with E-state index in [2.05, 4.69) is 11.9 Å². The maximum atomic E-state index is 10.6. The van der Waals surface area contributed by atoms with Gasteiger partial charge in [-0.2, -0.15) is 0 Å². The third-order valence-electron chi connectivity index (χ3n) is 3.39. The van der Waals surface area contributed by atoms with Crippen LogP contribution in [0, 0.1) is 11.8 Å². The first-order valence-electron chi connectivity index (χ1n) is 5.10. The molecule has 1 saturated heterocycles. The fourth-order valence-corrected chi connectivity index (χ4v) is 2.68. The van der Waals surface area contributed by atoms with Gasteiger partial charge in [-0.3, -0.25) is 4.79 Å². The molecule has 1 aliphatic carbocycles. The topological polar surface area (TPSA) is 40.5 Å². The Morgan fingerprint density at radius 2 is 2.15 bits per heavy atom. The predicted molar refractivity (Wildman–Crippen MR) is 49.5 cm³/mol. The van der Waals surface area contributed by atoms with Crippen LogP contribution in [0.15, 0.2) is 0 Å². The Labute approximate surface area is 78.7 Å². The lowest BCUT2D eigenvalue weighted by atomic mass is 9.93. The summed E-state index contributed by atoms with van der Waals surface area (Å²) in [7, 11) is 2.13. The van der Waals surface area contributed by atoms with Gasteiger partial charge >= 0.3 is 5.97 Å². The number of carbonyl (C=O) groups is 1. The highest BCUT2D eigenvalue weighted by Gasteiger charge is 2.42. The molecule has 0 amide bonds. The van der Waals surface area contributed by atoms with Crippen molar-refractivity contribution in [2.45, 2.75) is 31.7 Å². The third kappa shape index (κ3) is 1.85. The van der Waals surface area contributed by atoms with Gasteiger partial charge in [0.25, 0.3) is 0 Å². The lowest BCUT2D eigenvalue weighted by molar-refractivity contribution is -0.138. The van der Waals surface area contributed by atoms with E-state index in [1.165, 1.54) is 12.8 Å². The van der Waals surface area contributed by atoms with Gasteiger partial charge in [0.1, 0.15) is 0 Å². The summed E-state index contributed by atoms with van der Waals surface area (Å²) in [6, 6.07) is 0.566. The molecule has 1 aliphatic heterocycles. The molecule has 0 unspecified atom stereocenters. The van der Waals surface area contributed by atoms with Gasteiger partial charge in [0.2, 0.25) is 0 Å². The first-order chi connectivity index (χ1) is 6.18. The predicted octanol–water partition coefficient (Wildman–Crippen LogP) is 1.19. The van der Waals surface area contributed by atoms with Gasteiger partial charge in [0.05, 0.1) is 0 Å². The minimum Gasteiger partial charge on any atom is -0.481 e. The van der Waals surface area contributed by atoms with Crippen molar-refractivity contribution in [3.05, 3.63) is 0 Å². The zero-order valence-electron chi connectivity index (χ0n) is 8.07. The van der Waals surface area contributed by atoms with E-state index in [9.17, 15) is 4.79 Å². The summed E-state index contributed by atoms with van der Waals surface area (Å²) >= 11 is 0. The number of hydrogen-bond acceptors (Lipinski definition) is 2. The molecule has 1 N–H and O–H groups in total. The second-order valence-corrected chi connectivity index (χ2v) is 4.46. The maximum absolute atomic E-state index is 10.6. The SMILES string of the molecule is CN1CC[C@@H](CC(=O)O)[C@@H]1C1CC1. The van der Waals surface area contributed by atoms with Crippen LogP contribution in [0.1, 0.15) is 25.7 Å². The van der Waals surface area contributed by atoms with Crippen LogP contribution in [0.4, 0.5) is 0 Å². The molecule has 0 aromatic heterocycles. The number of likely N-dealkylation sites (tertiary alicyclic amines) is 1. The summed E-state index contributed by atoms with van der Waals surface area (Å²) < 4.78 is 0. The smallest absolute Gasteiger partial charge is 0.303 e. The van der Waals surface area contributed by atoms with Crippen molar-refractivity contribution >= 4 is 5.97 Å². The van der Waals surface area contributed by atoms with E-state index in [0.717, 1.165) is 18.9 Å². The van der Waals surface area contributed by atoms with E-state index in [1.807, 2.05) is 0 Å². The van der Waals surface area contributed by atoms with Gasteiger partial charge in [-0.05, 0) is 44.7 Å². The van der Waals surface area contributed by atoms with Crippen LogP contribution >= 0.6 is 0 Å². The molecule has 2 aliphatic rings. The Balaban J connectivity index is 1.97. The fourth-order valence-electron chi connectivity index (χ4n) is 2.68. The summed E-state index contributed by atoms with van der Waals surface area (Å²) in [6.07, 6.45) is 4.06. The molecule has 74 valence electrons. The summed E-state index contributed by atoms with van der Waals surface area (Å²) in [5.41, 5.74) is 0. The number of hydrogen-bond donors (Lipinski definition) is 1. The number of nitrogens with zero attached hydrogens (tertiary/aromatic N) is 1. The van der Waals surface area contributed by atoms with Gasteiger partial charge in [0, 0.05) is 12.5 Å². The van der Waals surface area contributed by atoms with Crippen LogP contribution in [0.3, 0.4) is 0 Å². The molecular formula is C10H17NO2. The lowest BCUT2D eigenvalue weighted by Crippen LogP contribution is -2.32. The summed E-state index contributed by atoms with van der Waals surface area (Å²) in [5, 5.41) is 8.76. The number of carboxylic acids is 1. The zero-order valence-corrected chi connectivity index (χ0v) is 8.07. The van der Waals surface area contributed by atoms with Crippen LogP contribution in [-0.2, 0) is 4.79 Å². The van der Waals surface area contributed by atoms with E-state index >= 15 is 0 Å². The maximum Gasteiger partial charge on any atom is 0.303 e. The molecule has 1 heterocycles. The largest absolute Gasteiger partial charge is 0.481 e. The lowest BCUT2D eigenvalue weighted by Gasteiger charge is -2.23. The van der Waals surface area contributed by atoms with Gasteiger partial charge in [-0.1, -0.05) is 0 Å². The third-order valence-corrected chi connectivity index (χ3v) is 3.39. The normalized spacial score (nSPS) is 35.2. The van der Waals surface area contributed by atoms with Gasteiger partial charge in [-0.25, -0.2) is 0 Å². The standard InChI is InChI=1S/C10H17NO2/c1-11-5-4-8(6-9(12)13)10(11)7-2-3-7/h7-8,10H,2-6H2,1H3,(H,12,13)/t8-,10-/m0/s1. The van der Waals surface area contributed by atoms with Crippen molar-refractivity contribution in [2.75, 3.05) is 13.6 Å².